The number of nitrogens with two attached hydrogens (primary N) is 1. The quantitative estimate of drug-likeness (QED) is 0.271. The van der Waals surface area contributed by atoms with Gasteiger partial charge < -0.3 is 25.8 Å². The van der Waals surface area contributed by atoms with Crippen LogP contribution in [0.15, 0.2) is 83.9 Å². The molecule has 0 radical (unpaired) electrons. The van der Waals surface area contributed by atoms with Crippen molar-refractivity contribution < 1.29 is 9.21 Å². The topological polar surface area (TPSA) is 146 Å². The first-order valence-corrected chi connectivity index (χ1v) is 11.0. The molecule has 1 aliphatic rings. The summed E-state index contributed by atoms with van der Waals surface area (Å²) in [5, 5.41) is 15.7. The van der Waals surface area contributed by atoms with Crippen molar-refractivity contribution in [3.63, 3.8) is 0 Å². The number of pyridine rings is 2. The molecule has 0 saturated carbocycles. The molecule has 4 aromatic heterocycles. The Morgan fingerprint density at radius 1 is 1.23 bits per heavy atom. The largest absolute Gasteiger partial charge is 0.472 e. The molecule has 0 aromatic carbocycles. The second-order valence-electron chi connectivity index (χ2n) is 7.95. The van der Waals surface area contributed by atoms with Crippen molar-refractivity contribution in [3.8, 4) is 11.3 Å². The number of rotatable bonds is 6. The molecule has 0 saturated heterocycles. The lowest BCUT2D eigenvalue weighted by Crippen LogP contribution is -2.20. The summed E-state index contributed by atoms with van der Waals surface area (Å²) in [6.07, 6.45) is 14.1. The molecular weight excluding hydrogens is 442 g/mol. The van der Waals surface area contributed by atoms with Crippen LogP contribution in [-0.2, 0) is 4.79 Å². The van der Waals surface area contributed by atoms with Crippen LogP contribution in [0.2, 0.25) is 0 Å². The molecule has 9 heteroatoms. The Labute approximate surface area is 201 Å². The molecule has 0 aliphatic carbocycles. The van der Waals surface area contributed by atoms with E-state index >= 15 is 0 Å². The Hall–Kier alpha value is -4.92. The minimum absolute atomic E-state index is 0.0804. The van der Waals surface area contributed by atoms with E-state index in [4.69, 9.17) is 15.6 Å². The Bertz CT molecular complexity index is 1520. The van der Waals surface area contributed by atoms with Gasteiger partial charge in [0.15, 0.2) is 0 Å². The molecule has 9 nitrogen and oxygen atoms in total. The summed E-state index contributed by atoms with van der Waals surface area (Å²) in [7, 11) is 0. The van der Waals surface area contributed by atoms with Crippen molar-refractivity contribution in [3.05, 3.63) is 96.3 Å². The Morgan fingerprint density at radius 2 is 2.11 bits per heavy atom. The third-order valence-electron chi connectivity index (χ3n) is 5.65. The van der Waals surface area contributed by atoms with Crippen LogP contribution < -0.4 is 16.4 Å². The molecule has 35 heavy (non-hydrogen) atoms. The minimum atomic E-state index is -0.0804. The van der Waals surface area contributed by atoms with Gasteiger partial charge in [0.1, 0.15) is 5.82 Å². The third-order valence-corrected chi connectivity index (χ3v) is 5.65. The summed E-state index contributed by atoms with van der Waals surface area (Å²) in [4.78, 5) is 24.0. The number of aromatic nitrogens is 3. The van der Waals surface area contributed by atoms with E-state index in [0.717, 1.165) is 33.3 Å². The van der Waals surface area contributed by atoms with Crippen molar-refractivity contribution in [2.45, 2.75) is 13.3 Å². The predicted octanol–water partition coefficient (Wildman–Crippen LogP) is 4.08. The highest BCUT2D eigenvalue weighted by Crippen LogP contribution is 2.29. The van der Waals surface area contributed by atoms with Crippen molar-refractivity contribution in [1.29, 1.82) is 5.41 Å². The molecule has 174 valence electrons. The van der Waals surface area contributed by atoms with Gasteiger partial charge in [-0.15, -0.1) is 0 Å². The highest BCUT2D eigenvalue weighted by atomic mass is 16.3. The molecule has 5 rings (SSSR count). The minimum Gasteiger partial charge on any atom is -0.472 e. The van der Waals surface area contributed by atoms with Crippen LogP contribution in [0.4, 0.5) is 5.82 Å². The summed E-state index contributed by atoms with van der Waals surface area (Å²) in [6.45, 7) is 1.80. The van der Waals surface area contributed by atoms with Gasteiger partial charge in [-0.25, -0.2) is 4.98 Å². The van der Waals surface area contributed by atoms with E-state index in [1.165, 1.54) is 0 Å². The smallest absolute Gasteiger partial charge is 0.224 e. The van der Waals surface area contributed by atoms with Crippen LogP contribution >= 0.6 is 0 Å². The lowest BCUT2D eigenvalue weighted by Gasteiger charge is -2.10. The van der Waals surface area contributed by atoms with E-state index in [0.29, 0.717) is 23.4 Å². The Kier molecular flexibility index (Phi) is 5.72. The van der Waals surface area contributed by atoms with Gasteiger partial charge in [0.2, 0.25) is 5.91 Å². The summed E-state index contributed by atoms with van der Waals surface area (Å²) < 4.78 is 5.21. The maximum Gasteiger partial charge on any atom is 0.224 e. The van der Waals surface area contributed by atoms with E-state index in [-0.39, 0.29) is 17.4 Å². The number of furan rings is 1. The third kappa shape index (κ3) is 4.34. The molecule has 0 atom stereocenters. The number of aromatic amines is 1. The summed E-state index contributed by atoms with van der Waals surface area (Å²) >= 11 is 0. The maximum absolute atomic E-state index is 11.9. The number of nitrogens with one attached hydrogen (secondary N) is 4. The van der Waals surface area contributed by atoms with Crippen molar-refractivity contribution in [2.75, 3.05) is 5.73 Å². The fraction of sp³-hybridized carbons (Fsp3) is 0.0769. The average Bonchev–Trinajstić information content (AvgIpc) is 3.50. The van der Waals surface area contributed by atoms with E-state index in [1.807, 2.05) is 30.3 Å². The van der Waals surface area contributed by atoms with E-state index in [1.54, 1.807) is 50.3 Å². The van der Waals surface area contributed by atoms with Gasteiger partial charge in [0.25, 0.3) is 0 Å². The van der Waals surface area contributed by atoms with E-state index < -0.39 is 0 Å². The predicted molar refractivity (Wildman–Crippen MR) is 135 cm³/mol. The molecule has 4 aromatic rings. The number of allylic oxidation sites excluding steroid dienone is 3. The van der Waals surface area contributed by atoms with E-state index in [2.05, 4.69) is 25.6 Å². The number of amides is 1. The maximum atomic E-state index is 11.9. The number of hydrogen-bond acceptors (Lipinski definition) is 7. The average molecular weight is 466 g/mol. The monoisotopic (exact) mass is 465 g/mol. The molecule has 0 bridgehead atoms. The number of nitrogens with zero attached hydrogens (tertiary/aromatic N) is 2. The van der Waals surface area contributed by atoms with E-state index in [9.17, 15) is 4.79 Å². The van der Waals surface area contributed by atoms with Crippen molar-refractivity contribution in [1.82, 2.24) is 25.6 Å². The number of carbonyl (C=O) groups excluding carboxylic acids is 1. The first-order chi connectivity index (χ1) is 17.0. The number of fused-ring (bicyclic) bond motifs is 1. The molecule has 0 unspecified atom stereocenters. The summed E-state index contributed by atoms with van der Waals surface area (Å²) in [6, 6.07) is 7.41. The molecular formula is C26H23N7O2. The normalized spacial score (nSPS) is 13.1. The lowest BCUT2D eigenvalue weighted by molar-refractivity contribution is -0.120. The van der Waals surface area contributed by atoms with Gasteiger partial charge in [-0.2, -0.15) is 0 Å². The van der Waals surface area contributed by atoms with Gasteiger partial charge >= 0.3 is 0 Å². The molecule has 6 N–H and O–H groups in total. The highest BCUT2D eigenvalue weighted by Gasteiger charge is 2.17. The van der Waals surface area contributed by atoms with Crippen molar-refractivity contribution in [2.24, 2.45) is 0 Å². The number of H-pyrrole nitrogens is 1. The Balaban J connectivity index is 1.51. The fourth-order valence-electron chi connectivity index (χ4n) is 3.82. The first kappa shape index (κ1) is 21.9. The molecule has 5 heterocycles. The highest BCUT2D eigenvalue weighted by molar-refractivity contribution is 6.15. The SMILES string of the molecule is CCC(=O)NC1=CC(c2cnc(N)c(C(=N)c3cc4c(-c5ccoc5)nccc4[nH]3)c2)=CNC=C1. The van der Waals surface area contributed by atoms with Crippen LogP contribution in [-0.4, -0.2) is 26.6 Å². The molecule has 0 spiro atoms. The summed E-state index contributed by atoms with van der Waals surface area (Å²) in [5.41, 5.74) is 12.1. The van der Waals surface area contributed by atoms with Crippen LogP contribution in [0.3, 0.4) is 0 Å². The number of hydrogen-bond donors (Lipinski definition) is 5. The van der Waals surface area contributed by atoms with Gasteiger partial charge in [-0.05, 0) is 36.4 Å². The second-order valence-corrected chi connectivity index (χ2v) is 7.95. The van der Waals surface area contributed by atoms with Gasteiger partial charge in [-0.1, -0.05) is 6.92 Å². The molecule has 1 amide bonds. The number of nitrogen functional groups attached to an aromatic ring is 1. The van der Waals surface area contributed by atoms with Gasteiger partial charge in [0, 0.05) is 70.1 Å². The Morgan fingerprint density at radius 3 is 2.91 bits per heavy atom. The molecule has 1 aliphatic heterocycles. The van der Waals surface area contributed by atoms with Crippen LogP contribution in [0.1, 0.15) is 30.2 Å². The lowest BCUT2D eigenvalue weighted by atomic mass is 10.0. The zero-order valence-electron chi connectivity index (χ0n) is 18.9. The zero-order valence-corrected chi connectivity index (χ0v) is 18.9. The van der Waals surface area contributed by atoms with Gasteiger partial charge in [0.05, 0.1) is 29.6 Å². The van der Waals surface area contributed by atoms with Crippen LogP contribution in [0.25, 0.3) is 27.7 Å². The summed E-state index contributed by atoms with van der Waals surface area (Å²) in [5.74, 6) is 0.164. The fourth-order valence-corrected chi connectivity index (χ4v) is 3.82. The van der Waals surface area contributed by atoms with Gasteiger partial charge in [-0.3, -0.25) is 15.2 Å². The number of anilines is 1. The standard InChI is InChI=1S/C26H23N7O2/c1-2-23(34)32-18-3-6-29-12-16(9-18)17-10-20(26(28)31-13-17)24(27)22-11-19-21(33-22)4-7-30-25(19)15-5-8-35-14-15/h3-14,27,29,33H,2H2,1H3,(H2,28,31)(H,32,34). The van der Waals surface area contributed by atoms with Crippen LogP contribution in [0, 0.1) is 5.41 Å². The number of carbonyl (C=O) groups is 1. The zero-order chi connectivity index (χ0) is 24.4. The van der Waals surface area contributed by atoms with Crippen molar-refractivity contribution >= 4 is 33.9 Å². The second kappa shape index (κ2) is 9.14. The van der Waals surface area contributed by atoms with Crippen LogP contribution in [0.5, 0.6) is 0 Å². The molecule has 0 fully saturated rings. The first-order valence-electron chi connectivity index (χ1n) is 11.0.